The Hall–Kier alpha value is -2.60. The van der Waals surface area contributed by atoms with E-state index in [-0.39, 0.29) is 5.91 Å². The van der Waals surface area contributed by atoms with Gasteiger partial charge in [-0.05, 0) is 35.9 Å². The van der Waals surface area contributed by atoms with Crippen LogP contribution in [0.4, 0.5) is 0 Å². The SMILES string of the molecule is O=C(NCc1cc(Cl)c2c(c1)OCCCO2)c1ccc2c(c1)OCCO2. The summed E-state index contributed by atoms with van der Waals surface area (Å²) in [7, 11) is 0. The second-order valence-corrected chi connectivity index (χ2v) is 6.40. The maximum absolute atomic E-state index is 12.4. The van der Waals surface area contributed by atoms with Crippen LogP contribution in [0.2, 0.25) is 5.02 Å². The van der Waals surface area contributed by atoms with E-state index in [9.17, 15) is 4.79 Å². The third-order valence-corrected chi connectivity index (χ3v) is 4.40. The molecule has 2 aromatic rings. The van der Waals surface area contributed by atoms with E-state index in [1.54, 1.807) is 24.3 Å². The van der Waals surface area contributed by atoms with Gasteiger partial charge in [-0.25, -0.2) is 0 Å². The summed E-state index contributed by atoms with van der Waals surface area (Å²) in [4.78, 5) is 12.4. The number of benzene rings is 2. The number of carbonyl (C=O) groups excluding carboxylic acids is 1. The number of rotatable bonds is 3. The topological polar surface area (TPSA) is 66.0 Å². The van der Waals surface area contributed by atoms with Crippen LogP contribution >= 0.6 is 11.6 Å². The molecule has 0 unspecified atom stereocenters. The predicted molar refractivity (Wildman–Crippen MR) is 95.7 cm³/mol. The molecule has 0 saturated heterocycles. The van der Waals surface area contributed by atoms with Crippen molar-refractivity contribution in [3.05, 3.63) is 46.5 Å². The van der Waals surface area contributed by atoms with Gasteiger partial charge in [0.05, 0.1) is 18.2 Å². The first-order chi connectivity index (χ1) is 12.7. The Labute approximate surface area is 156 Å². The van der Waals surface area contributed by atoms with E-state index in [4.69, 9.17) is 30.5 Å². The normalized spacial score (nSPS) is 15.1. The van der Waals surface area contributed by atoms with Crippen LogP contribution in [-0.2, 0) is 6.54 Å². The van der Waals surface area contributed by atoms with Crippen molar-refractivity contribution in [3.8, 4) is 23.0 Å². The summed E-state index contributed by atoms with van der Waals surface area (Å²) in [5.41, 5.74) is 1.35. The number of nitrogens with one attached hydrogen (secondary N) is 1. The molecule has 26 heavy (non-hydrogen) atoms. The molecule has 136 valence electrons. The van der Waals surface area contributed by atoms with Crippen LogP contribution in [0.3, 0.4) is 0 Å². The molecule has 0 spiro atoms. The first-order valence-electron chi connectivity index (χ1n) is 8.46. The van der Waals surface area contributed by atoms with Gasteiger partial charge in [0.15, 0.2) is 23.0 Å². The van der Waals surface area contributed by atoms with Crippen molar-refractivity contribution in [1.82, 2.24) is 5.32 Å². The van der Waals surface area contributed by atoms with E-state index in [2.05, 4.69) is 5.32 Å². The molecule has 0 atom stereocenters. The van der Waals surface area contributed by atoms with Gasteiger partial charge in [0.25, 0.3) is 5.91 Å². The van der Waals surface area contributed by atoms with Crippen molar-refractivity contribution in [2.75, 3.05) is 26.4 Å². The van der Waals surface area contributed by atoms with E-state index >= 15 is 0 Å². The van der Waals surface area contributed by atoms with Crippen LogP contribution in [0.25, 0.3) is 0 Å². The summed E-state index contributed by atoms with van der Waals surface area (Å²) in [6, 6.07) is 8.76. The fraction of sp³-hybridized carbons (Fsp3) is 0.316. The molecule has 4 rings (SSSR count). The van der Waals surface area contributed by atoms with Crippen molar-refractivity contribution in [2.45, 2.75) is 13.0 Å². The first-order valence-corrected chi connectivity index (χ1v) is 8.84. The minimum Gasteiger partial charge on any atom is -0.489 e. The van der Waals surface area contributed by atoms with E-state index < -0.39 is 0 Å². The van der Waals surface area contributed by atoms with Gasteiger partial charge in [-0.1, -0.05) is 11.6 Å². The third kappa shape index (κ3) is 3.51. The smallest absolute Gasteiger partial charge is 0.251 e. The summed E-state index contributed by atoms with van der Waals surface area (Å²) >= 11 is 6.28. The Morgan fingerprint density at radius 3 is 2.58 bits per heavy atom. The molecule has 0 saturated carbocycles. The molecule has 0 radical (unpaired) electrons. The molecule has 2 aromatic carbocycles. The van der Waals surface area contributed by atoms with Crippen LogP contribution in [0.15, 0.2) is 30.3 Å². The summed E-state index contributed by atoms with van der Waals surface area (Å²) in [5, 5.41) is 3.36. The van der Waals surface area contributed by atoms with Crippen LogP contribution in [0.1, 0.15) is 22.3 Å². The highest BCUT2D eigenvalue weighted by atomic mass is 35.5. The second-order valence-electron chi connectivity index (χ2n) is 6.00. The molecule has 1 N–H and O–H groups in total. The number of halogens is 1. The lowest BCUT2D eigenvalue weighted by Gasteiger charge is -2.18. The number of hydrogen-bond donors (Lipinski definition) is 1. The summed E-state index contributed by atoms with van der Waals surface area (Å²) < 4.78 is 22.3. The lowest BCUT2D eigenvalue weighted by Crippen LogP contribution is -2.23. The van der Waals surface area contributed by atoms with Gasteiger partial charge in [0.1, 0.15) is 13.2 Å². The monoisotopic (exact) mass is 375 g/mol. The van der Waals surface area contributed by atoms with E-state index in [0.29, 0.717) is 66.6 Å². The van der Waals surface area contributed by atoms with Gasteiger partial charge in [-0.15, -0.1) is 0 Å². The summed E-state index contributed by atoms with van der Waals surface area (Å²) in [6.07, 6.45) is 0.807. The van der Waals surface area contributed by atoms with E-state index in [1.165, 1.54) is 0 Å². The number of hydrogen-bond acceptors (Lipinski definition) is 5. The average Bonchev–Trinajstić information content (AvgIpc) is 2.91. The van der Waals surface area contributed by atoms with Crippen LogP contribution in [0, 0.1) is 0 Å². The molecule has 1 amide bonds. The Balaban J connectivity index is 1.46. The Kier molecular flexibility index (Phi) is 4.75. The lowest BCUT2D eigenvalue weighted by molar-refractivity contribution is 0.0949. The molecule has 7 heteroatoms. The molecule has 2 heterocycles. The number of fused-ring (bicyclic) bond motifs is 2. The van der Waals surface area contributed by atoms with Crippen molar-refractivity contribution in [2.24, 2.45) is 0 Å². The van der Waals surface area contributed by atoms with Crippen LogP contribution in [-0.4, -0.2) is 32.3 Å². The fourth-order valence-electron chi connectivity index (χ4n) is 2.86. The Bertz CT molecular complexity index is 839. The molecule has 6 nitrogen and oxygen atoms in total. The molecule has 0 bridgehead atoms. The van der Waals surface area contributed by atoms with Crippen molar-refractivity contribution >= 4 is 17.5 Å². The molecular formula is C19H18ClNO5. The maximum atomic E-state index is 12.4. The Morgan fingerprint density at radius 1 is 0.923 bits per heavy atom. The number of ether oxygens (including phenoxy) is 4. The molecular weight excluding hydrogens is 358 g/mol. The predicted octanol–water partition coefficient (Wildman–Crippen LogP) is 3.20. The highest BCUT2D eigenvalue weighted by molar-refractivity contribution is 6.32. The highest BCUT2D eigenvalue weighted by Crippen LogP contribution is 2.38. The van der Waals surface area contributed by atoms with Gasteiger partial charge >= 0.3 is 0 Å². The van der Waals surface area contributed by atoms with E-state index in [0.717, 1.165) is 12.0 Å². The first kappa shape index (κ1) is 16.8. The summed E-state index contributed by atoms with van der Waals surface area (Å²) in [5.74, 6) is 2.21. The second kappa shape index (κ2) is 7.33. The van der Waals surface area contributed by atoms with Crippen LogP contribution < -0.4 is 24.3 Å². The van der Waals surface area contributed by atoms with Gasteiger partial charge in [0.2, 0.25) is 0 Å². The van der Waals surface area contributed by atoms with Gasteiger partial charge in [-0.2, -0.15) is 0 Å². The fourth-order valence-corrected chi connectivity index (χ4v) is 3.14. The zero-order valence-corrected chi connectivity index (χ0v) is 14.8. The molecule has 0 fully saturated rings. The molecule has 2 aliphatic rings. The van der Waals surface area contributed by atoms with Crippen molar-refractivity contribution in [3.63, 3.8) is 0 Å². The Morgan fingerprint density at radius 2 is 1.69 bits per heavy atom. The van der Waals surface area contributed by atoms with Crippen LogP contribution in [0.5, 0.6) is 23.0 Å². The third-order valence-electron chi connectivity index (χ3n) is 4.12. The molecule has 0 aliphatic carbocycles. The van der Waals surface area contributed by atoms with Gasteiger partial charge in [0, 0.05) is 18.5 Å². The minimum atomic E-state index is -0.204. The van der Waals surface area contributed by atoms with Gasteiger partial charge < -0.3 is 24.3 Å². The highest BCUT2D eigenvalue weighted by Gasteiger charge is 2.17. The number of carbonyl (C=O) groups is 1. The molecule has 2 aliphatic heterocycles. The summed E-state index contributed by atoms with van der Waals surface area (Å²) in [6.45, 7) is 2.48. The largest absolute Gasteiger partial charge is 0.489 e. The zero-order chi connectivity index (χ0) is 17.9. The van der Waals surface area contributed by atoms with E-state index in [1.807, 2.05) is 6.07 Å². The quantitative estimate of drug-likeness (QED) is 0.892. The lowest BCUT2D eigenvalue weighted by atomic mass is 10.1. The van der Waals surface area contributed by atoms with Crippen molar-refractivity contribution in [1.29, 1.82) is 0 Å². The van der Waals surface area contributed by atoms with Gasteiger partial charge in [-0.3, -0.25) is 4.79 Å². The average molecular weight is 376 g/mol. The molecule has 0 aromatic heterocycles. The zero-order valence-electron chi connectivity index (χ0n) is 14.0. The van der Waals surface area contributed by atoms with Crippen molar-refractivity contribution < 1.29 is 23.7 Å². The number of amides is 1. The minimum absolute atomic E-state index is 0.204. The maximum Gasteiger partial charge on any atom is 0.251 e. The standard InChI is InChI=1S/C19H18ClNO5/c20-14-8-12(9-17-18(14)26-5-1-4-23-17)11-21-19(22)13-2-3-15-16(10-13)25-7-6-24-15/h2-3,8-10H,1,4-7,11H2,(H,21,22).